The number of nitrogens with one attached hydrogen (secondary N) is 1. The quantitative estimate of drug-likeness (QED) is 0.295. The van der Waals surface area contributed by atoms with Crippen molar-refractivity contribution in [1.29, 1.82) is 0 Å². The van der Waals surface area contributed by atoms with Crippen LogP contribution >= 0.6 is 0 Å². The van der Waals surface area contributed by atoms with Gasteiger partial charge in [0.05, 0.1) is 23.8 Å². The third-order valence-electron chi connectivity index (χ3n) is 6.16. The standard InChI is InChI=1S/C30H25F3N6O/c1-20-7-8-22(12-21(20)9-10-26-16-34-28-6-4-5-11-39(26)28)29(40)36-24-13-23(30(31,32)33)14-27(15-24)38-18-25(35-19-38)17-37(2)3/h4-8,11-16,18-19H,17H2,1-3H3,(H,36,40). The van der Waals surface area contributed by atoms with Gasteiger partial charge in [-0.2, -0.15) is 13.2 Å². The van der Waals surface area contributed by atoms with Crippen molar-refractivity contribution in [3.05, 3.63) is 113 Å². The molecule has 3 heterocycles. The van der Waals surface area contributed by atoms with E-state index in [0.717, 1.165) is 23.3 Å². The van der Waals surface area contributed by atoms with Crippen LogP contribution in [0.1, 0.15) is 38.4 Å². The number of imidazole rings is 2. The zero-order chi connectivity index (χ0) is 28.4. The fraction of sp³-hybridized carbons (Fsp3) is 0.167. The topological polar surface area (TPSA) is 67.5 Å². The van der Waals surface area contributed by atoms with Crippen molar-refractivity contribution in [2.45, 2.75) is 19.6 Å². The average Bonchev–Trinajstić information content (AvgIpc) is 3.54. The number of halogens is 3. The Hall–Kier alpha value is -4.88. The predicted octanol–water partition coefficient (Wildman–Crippen LogP) is 5.56. The minimum absolute atomic E-state index is 0.0108. The van der Waals surface area contributed by atoms with Crippen LogP contribution in [0.25, 0.3) is 11.3 Å². The van der Waals surface area contributed by atoms with Gasteiger partial charge in [-0.15, -0.1) is 0 Å². The van der Waals surface area contributed by atoms with Crippen LogP contribution in [0.2, 0.25) is 0 Å². The number of hydrogen-bond donors (Lipinski definition) is 1. The number of pyridine rings is 1. The molecule has 0 unspecified atom stereocenters. The Bertz CT molecular complexity index is 1770. The number of fused-ring (bicyclic) bond motifs is 1. The summed E-state index contributed by atoms with van der Waals surface area (Å²) in [7, 11) is 3.75. The van der Waals surface area contributed by atoms with E-state index in [0.29, 0.717) is 23.5 Å². The van der Waals surface area contributed by atoms with Gasteiger partial charge in [0, 0.05) is 41.4 Å². The number of carbonyl (C=O) groups is 1. The van der Waals surface area contributed by atoms with E-state index in [2.05, 4.69) is 27.1 Å². The molecule has 0 spiro atoms. The maximum Gasteiger partial charge on any atom is 0.416 e. The van der Waals surface area contributed by atoms with Crippen LogP contribution < -0.4 is 5.32 Å². The maximum atomic E-state index is 13.7. The average molecular weight is 543 g/mol. The summed E-state index contributed by atoms with van der Waals surface area (Å²) in [5, 5.41) is 2.62. The number of amides is 1. The molecule has 202 valence electrons. The second-order valence-corrected chi connectivity index (χ2v) is 9.58. The summed E-state index contributed by atoms with van der Waals surface area (Å²) in [6, 6.07) is 14.0. The highest BCUT2D eigenvalue weighted by atomic mass is 19.4. The van der Waals surface area contributed by atoms with E-state index in [1.54, 1.807) is 30.6 Å². The Labute approximate surface area is 228 Å². The third kappa shape index (κ3) is 5.90. The normalized spacial score (nSPS) is 11.5. The SMILES string of the molecule is Cc1ccc(C(=O)Nc2cc(-n3cnc(CN(C)C)c3)cc(C(F)(F)F)c2)cc1C#Cc1cnc2ccccn12. The zero-order valence-corrected chi connectivity index (χ0v) is 22.0. The van der Waals surface area contributed by atoms with Crippen molar-refractivity contribution in [1.82, 2.24) is 23.8 Å². The maximum absolute atomic E-state index is 13.7. The van der Waals surface area contributed by atoms with E-state index >= 15 is 0 Å². The highest BCUT2D eigenvalue weighted by molar-refractivity contribution is 6.04. The molecule has 7 nitrogen and oxygen atoms in total. The molecule has 10 heteroatoms. The molecular formula is C30H25F3N6O. The first-order chi connectivity index (χ1) is 19.1. The summed E-state index contributed by atoms with van der Waals surface area (Å²) in [5.74, 6) is 5.62. The van der Waals surface area contributed by atoms with Crippen molar-refractivity contribution in [3.63, 3.8) is 0 Å². The van der Waals surface area contributed by atoms with E-state index in [1.165, 1.54) is 17.0 Å². The Morgan fingerprint density at radius 1 is 1.05 bits per heavy atom. The molecule has 0 aliphatic heterocycles. The molecule has 2 aromatic carbocycles. The lowest BCUT2D eigenvalue weighted by molar-refractivity contribution is -0.137. The largest absolute Gasteiger partial charge is 0.416 e. The molecule has 0 bridgehead atoms. The molecule has 0 aliphatic rings. The minimum atomic E-state index is -4.60. The summed E-state index contributed by atoms with van der Waals surface area (Å²) in [6.45, 7) is 2.40. The Balaban J connectivity index is 1.43. The monoisotopic (exact) mass is 542 g/mol. The molecule has 0 saturated heterocycles. The van der Waals surface area contributed by atoms with Crippen LogP contribution in [0.3, 0.4) is 0 Å². The second kappa shape index (κ2) is 10.7. The van der Waals surface area contributed by atoms with Gasteiger partial charge in [-0.25, -0.2) is 9.97 Å². The van der Waals surface area contributed by atoms with Crippen LogP contribution in [0.15, 0.2) is 79.5 Å². The molecule has 0 radical (unpaired) electrons. The Morgan fingerprint density at radius 2 is 1.88 bits per heavy atom. The highest BCUT2D eigenvalue weighted by Gasteiger charge is 2.31. The molecule has 5 rings (SSSR count). The van der Waals surface area contributed by atoms with Gasteiger partial charge < -0.3 is 14.8 Å². The van der Waals surface area contributed by atoms with Crippen LogP contribution in [0.5, 0.6) is 0 Å². The first-order valence-corrected chi connectivity index (χ1v) is 12.3. The Kier molecular flexibility index (Phi) is 7.15. The van der Waals surface area contributed by atoms with Crippen molar-refractivity contribution in [3.8, 4) is 17.5 Å². The number of anilines is 1. The van der Waals surface area contributed by atoms with Gasteiger partial charge in [0.2, 0.25) is 0 Å². The molecule has 0 fully saturated rings. The molecular weight excluding hydrogens is 517 g/mol. The number of carbonyl (C=O) groups excluding carboxylic acids is 1. The van der Waals surface area contributed by atoms with Gasteiger partial charge >= 0.3 is 6.18 Å². The van der Waals surface area contributed by atoms with Gasteiger partial charge in [-0.1, -0.05) is 18.1 Å². The first-order valence-electron chi connectivity index (χ1n) is 12.3. The number of aromatic nitrogens is 4. The summed E-state index contributed by atoms with van der Waals surface area (Å²) < 4.78 is 44.6. The summed E-state index contributed by atoms with van der Waals surface area (Å²) in [6.07, 6.45) is 2.04. The zero-order valence-electron chi connectivity index (χ0n) is 22.0. The lowest BCUT2D eigenvalue weighted by Crippen LogP contribution is -2.14. The van der Waals surface area contributed by atoms with Crippen LogP contribution in [-0.4, -0.2) is 43.8 Å². The van der Waals surface area contributed by atoms with E-state index < -0.39 is 17.6 Å². The molecule has 40 heavy (non-hydrogen) atoms. The molecule has 5 aromatic rings. The van der Waals surface area contributed by atoms with Gasteiger partial charge in [-0.05, 0) is 75.0 Å². The number of hydrogen-bond acceptors (Lipinski definition) is 4. The lowest BCUT2D eigenvalue weighted by atomic mass is 10.0. The van der Waals surface area contributed by atoms with Crippen LogP contribution in [0, 0.1) is 18.8 Å². The number of aryl methyl sites for hydroxylation is 1. The van der Waals surface area contributed by atoms with Gasteiger partial charge in [0.1, 0.15) is 11.3 Å². The highest BCUT2D eigenvalue weighted by Crippen LogP contribution is 2.33. The molecule has 3 aromatic heterocycles. The van der Waals surface area contributed by atoms with E-state index in [4.69, 9.17) is 0 Å². The predicted molar refractivity (Wildman–Crippen MR) is 146 cm³/mol. The smallest absolute Gasteiger partial charge is 0.322 e. The first kappa shape index (κ1) is 26.7. The van der Waals surface area contributed by atoms with E-state index in [1.807, 2.05) is 54.7 Å². The molecule has 1 amide bonds. The van der Waals surface area contributed by atoms with Crippen molar-refractivity contribution in [2.24, 2.45) is 0 Å². The van der Waals surface area contributed by atoms with E-state index in [-0.39, 0.29) is 16.9 Å². The number of alkyl halides is 3. The number of nitrogens with zero attached hydrogens (tertiary/aromatic N) is 5. The number of rotatable bonds is 5. The fourth-order valence-electron chi connectivity index (χ4n) is 4.16. The number of benzene rings is 2. The van der Waals surface area contributed by atoms with Gasteiger partial charge in [0.15, 0.2) is 0 Å². The fourth-order valence-corrected chi connectivity index (χ4v) is 4.16. The van der Waals surface area contributed by atoms with Crippen molar-refractivity contribution < 1.29 is 18.0 Å². The summed E-state index contributed by atoms with van der Waals surface area (Å²) in [4.78, 5) is 23.6. The lowest BCUT2D eigenvalue weighted by Gasteiger charge is -2.14. The van der Waals surface area contributed by atoms with E-state index in [9.17, 15) is 18.0 Å². The molecule has 1 N–H and O–H groups in total. The molecule has 0 atom stereocenters. The third-order valence-corrected chi connectivity index (χ3v) is 6.16. The summed E-state index contributed by atoms with van der Waals surface area (Å²) in [5.41, 5.74) is 3.25. The minimum Gasteiger partial charge on any atom is -0.322 e. The van der Waals surface area contributed by atoms with Crippen LogP contribution in [0.4, 0.5) is 18.9 Å². The van der Waals surface area contributed by atoms with Crippen molar-refractivity contribution in [2.75, 3.05) is 19.4 Å². The molecule has 0 saturated carbocycles. The van der Waals surface area contributed by atoms with Gasteiger partial charge in [-0.3, -0.25) is 9.20 Å². The molecule has 0 aliphatic carbocycles. The summed E-state index contributed by atoms with van der Waals surface area (Å²) >= 11 is 0. The van der Waals surface area contributed by atoms with Crippen molar-refractivity contribution >= 4 is 17.2 Å². The Morgan fingerprint density at radius 3 is 2.65 bits per heavy atom. The second-order valence-electron chi connectivity index (χ2n) is 9.58. The van der Waals surface area contributed by atoms with Gasteiger partial charge in [0.25, 0.3) is 5.91 Å². The van der Waals surface area contributed by atoms with Crippen LogP contribution in [-0.2, 0) is 12.7 Å².